The van der Waals surface area contributed by atoms with E-state index in [9.17, 15) is 14.7 Å². The van der Waals surface area contributed by atoms with Gasteiger partial charge in [-0.1, -0.05) is 64.7 Å². The Morgan fingerprint density at radius 3 is 1.81 bits per heavy atom. The Labute approximate surface area is 188 Å². The zero-order valence-corrected chi connectivity index (χ0v) is 20.1. The van der Waals surface area contributed by atoms with Crippen LogP contribution in [0.1, 0.15) is 77.6 Å². The molecule has 1 atom stereocenters. The van der Waals surface area contributed by atoms with Gasteiger partial charge in [-0.2, -0.15) is 0 Å². The third-order valence-corrected chi connectivity index (χ3v) is 5.12. The molecular formula is C23H45N3O5+2. The lowest BCUT2D eigenvalue weighted by Gasteiger charge is -2.28. The van der Waals surface area contributed by atoms with Gasteiger partial charge in [0.1, 0.15) is 6.20 Å². The number of aliphatic imine (C=N–C) groups is 1. The second-order valence-corrected chi connectivity index (χ2v) is 9.34. The van der Waals surface area contributed by atoms with Gasteiger partial charge < -0.3 is 19.8 Å². The molecule has 8 heteroatoms. The number of carbonyl (C=O) groups is 2. The molecule has 180 valence electrons. The van der Waals surface area contributed by atoms with Gasteiger partial charge in [0.15, 0.2) is 19.8 Å². The van der Waals surface area contributed by atoms with E-state index in [-0.39, 0.29) is 24.3 Å². The van der Waals surface area contributed by atoms with Crippen molar-refractivity contribution in [2.75, 3.05) is 41.0 Å². The third kappa shape index (κ3) is 14.8. The fraction of sp³-hybridized carbons (Fsp3) is 0.783. The summed E-state index contributed by atoms with van der Waals surface area (Å²) >= 11 is 0. The predicted octanol–water partition coefficient (Wildman–Crippen LogP) is 3.81. The largest absolute Gasteiger partial charge is 0.477 e. The van der Waals surface area contributed by atoms with Crippen molar-refractivity contribution in [3.63, 3.8) is 0 Å². The van der Waals surface area contributed by atoms with E-state index in [1.54, 1.807) is 12.4 Å². The van der Waals surface area contributed by atoms with Gasteiger partial charge in [-0.25, -0.2) is 19.1 Å². The van der Waals surface area contributed by atoms with Crippen LogP contribution in [0.2, 0.25) is 0 Å². The molecule has 0 fully saturated rings. The highest BCUT2D eigenvalue weighted by molar-refractivity contribution is 5.81. The van der Waals surface area contributed by atoms with Crippen LogP contribution >= 0.6 is 0 Å². The van der Waals surface area contributed by atoms with Crippen molar-refractivity contribution >= 4 is 17.8 Å². The Balaban J connectivity index is 0.000000954. The molecule has 0 saturated heterocycles. The molecule has 0 radical (unpaired) electrons. The van der Waals surface area contributed by atoms with Crippen molar-refractivity contribution in [2.45, 2.75) is 77.6 Å². The maximum atomic E-state index is 11.0. The van der Waals surface area contributed by atoms with Crippen LogP contribution in [0.15, 0.2) is 17.4 Å². The molecule has 0 saturated carbocycles. The summed E-state index contributed by atoms with van der Waals surface area (Å²) < 4.78 is 0.447. The highest BCUT2D eigenvalue weighted by atomic mass is 16.4. The number of aliphatic carboxylic acids is 2. The topological polar surface area (TPSA) is 107 Å². The number of likely N-dealkylation sites (N-methyl/N-ethyl adjacent to an activating group) is 1. The minimum Gasteiger partial charge on any atom is -0.477 e. The molecule has 3 N–H and O–H groups in total. The minimum absolute atomic E-state index is 0.0350. The molecular weight excluding hydrogens is 398 g/mol. The van der Waals surface area contributed by atoms with Gasteiger partial charge in [-0.15, -0.1) is 0 Å². The maximum Gasteiger partial charge on any atom is 0.360 e. The summed E-state index contributed by atoms with van der Waals surface area (Å²) in [7, 11) is 5.52. The molecule has 0 spiro atoms. The number of aliphatic hydroxyl groups is 1. The van der Waals surface area contributed by atoms with Crippen molar-refractivity contribution in [1.82, 2.24) is 0 Å². The summed E-state index contributed by atoms with van der Waals surface area (Å²) in [6.07, 6.45) is 16.8. The van der Waals surface area contributed by atoms with Crippen LogP contribution in [0.3, 0.4) is 0 Å². The first-order valence-electron chi connectivity index (χ1n) is 11.5. The van der Waals surface area contributed by atoms with Gasteiger partial charge >= 0.3 is 11.9 Å². The summed E-state index contributed by atoms with van der Waals surface area (Å²) in [5.41, 5.74) is 0. The highest BCUT2D eigenvalue weighted by Crippen LogP contribution is 2.20. The standard InChI is InChI=1S/C18H32N2O3.C5H11NO2/c1-2-3-4-5-6-7-8-9-10-11-12-17-19-13-14-20(17,16-21)15-18(22)23;1-6(2,3)4-5(7)8/h13-14,21H,2-12,15-16H2,1H3;4H2,1-3H3/p+2. The average Bonchev–Trinajstić information content (AvgIpc) is 3.04. The van der Waals surface area contributed by atoms with E-state index < -0.39 is 11.9 Å². The Hall–Kier alpha value is -1.77. The van der Waals surface area contributed by atoms with Crippen LogP contribution in [-0.4, -0.2) is 83.0 Å². The van der Waals surface area contributed by atoms with Crippen molar-refractivity contribution in [2.24, 2.45) is 4.99 Å². The molecule has 8 nitrogen and oxygen atoms in total. The Kier molecular flexibility index (Phi) is 15.0. The lowest BCUT2D eigenvalue weighted by molar-refractivity contribution is -0.862. The quantitative estimate of drug-likeness (QED) is 0.248. The van der Waals surface area contributed by atoms with E-state index in [2.05, 4.69) is 11.9 Å². The molecule has 0 aromatic carbocycles. The molecule has 1 aliphatic heterocycles. The molecule has 0 amide bonds. The van der Waals surface area contributed by atoms with Crippen LogP contribution in [0.5, 0.6) is 0 Å². The lowest BCUT2D eigenvalue weighted by Crippen LogP contribution is -2.50. The number of quaternary nitrogens is 2. The molecule has 1 unspecified atom stereocenters. The first-order chi connectivity index (χ1) is 14.6. The van der Waals surface area contributed by atoms with Crippen molar-refractivity contribution in [1.29, 1.82) is 0 Å². The summed E-state index contributed by atoms with van der Waals surface area (Å²) in [6, 6.07) is 0. The van der Waals surface area contributed by atoms with Crippen LogP contribution in [-0.2, 0) is 9.59 Å². The summed E-state index contributed by atoms with van der Waals surface area (Å²) in [4.78, 5) is 25.3. The second kappa shape index (κ2) is 15.9. The van der Waals surface area contributed by atoms with Gasteiger partial charge in [0, 0.05) is 6.42 Å². The Morgan fingerprint density at radius 2 is 1.42 bits per heavy atom. The number of carboxylic acid groups (broad SMARTS) is 2. The lowest BCUT2D eigenvalue weighted by atomic mass is 10.1. The van der Waals surface area contributed by atoms with Crippen LogP contribution < -0.4 is 0 Å². The molecule has 1 heterocycles. The average molecular weight is 444 g/mol. The van der Waals surface area contributed by atoms with E-state index >= 15 is 0 Å². The van der Waals surface area contributed by atoms with Crippen LogP contribution in [0, 0.1) is 0 Å². The van der Waals surface area contributed by atoms with Gasteiger partial charge in [-0.3, -0.25) is 0 Å². The smallest absolute Gasteiger partial charge is 0.360 e. The summed E-state index contributed by atoms with van der Waals surface area (Å²) in [5.74, 6) is -0.895. The highest BCUT2D eigenvalue weighted by Gasteiger charge is 2.36. The maximum absolute atomic E-state index is 11.0. The Morgan fingerprint density at radius 1 is 0.903 bits per heavy atom. The molecule has 1 rings (SSSR count). The fourth-order valence-corrected chi connectivity index (χ4v) is 3.48. The minimum atomic E-state index is -0.915. The number of rotatable bonds is 16. The Bertz CT molecular complexity index is 584. The van der Waals surface area contributed by atoms with Crippen LogP contribution in [0.4, 0.5) is 0 Å². The van der Waals surface area contributed by atoms with Crippen molar-refractivity contribution in [3.8, 4) is 0 Å². The molecule has 1 aliphatic rings. The number of unbranched alkanes of at least 4 members (excludes halogenated alkanes) is 9. The van der Waals surface area contributed by atoms with Crippen molar-refractivity contribution in [3.05, 3.63) is 12.4 Å². The van der Waals surface area contributed by atoms with E-state index in [1.165, 1.54) is 51.4 Å². The first kappa shape index (κ1) is 29.2. The van der Waals surface area contributed by atoms with Gasteiger partial charge in [-0.05, 0) is 6.42 Å². The summed E-state index contributed by atoms with van der Waals surface area (Å²) in [5, 5.41) is 26.8. The fourth-order valence-electron chi connectivity index (χ4n) is 3.48. The first-order valence-corrected chi connectivity index (χ1v) is 11.5. The van der Waals surface area contributed by atoms with Gasteiger partial charge in [0.05, 0.1) is 27.3 Å². The normalized spacial score (nSPS) is 17.8. The predicted molar refractivity (Wildman–Crippen MR) is 123 cm³/mol. The monoisotopic (exact) mass is 443 g/mol. The second-order valence-electron chi connectivity index (χ2n) is 9.34. The number of amidine groups is 1. The van der Waals surface area contributed by atoms with Crippen LogP contribution in [0.25, 0.3) is 0 Å². The number of carboxylic acids is 2. The molecule has 0 aromatic heterocycles. The zero-order valence-electron chi connectivity index (χ0n) is 20.1. The zero-order chi connectivity index (χ0) is 23.8. The number of nitrogens with zero attached hydrogens (tertiary/aromatic N) is 3. The third-order valence-electron chi connectivity index (χ3n) is 5.12. The van der Waals surface area contributed by atoms with Gasteiger partial charge in [0.2, 0.25) is 5.84 Å². The SMILES string of the molecule is CCCCCCCCCCCCC1=NC=C[N+]1(CO)CC(=O)O.C[N+](C)(C)CC(=O)O. The van der Waals surface area contributed by atoms with E-state index in [4.69, 9.17) is 10.2 Å². The van der Waals surface area contributed by atoms with E-state index in [0.717, 1.165) is 25.1 Å². The van der Waals surface area contributed by atoms with Crippen molar-refractivity contribution < 1.29 is 33.9 Å². The van der Waals surface area contributed by atoms with E-state index in [1.807, 2.05) is 21.1 Å². The summed E-state index contributed by atoms with van der Waals surface area (Å²) in [6.45, 7) is 2.05. The number of hydrogen-bond donors (Lipinski definition) is 3. The molecule has 0 aliphatic carbocycles. The molecule has 0 aromatic rings. The molecule has 0 bridgehead atoms. The number of hydrogen-bond acceptors (Lipinski definition) is 4. The number of aliphatic hydroxyl groups excluding tert-OH is 1. The van der Waals surface area contributed by atoms with E-state index in [0.29, 0.717) is 4.48 Å². The molecule has 31 heavy (non-hydrogen) atoms. The van der Waals surface area contributed by atoms with Gasteiger partial charge in [0.25, 0.3) is 0 Å².